The first-order chi connectivity index (χ1) is 12.2. The Balaban J connectivity index is 0.000000527. The second kappa shape index (κ2) is 8.99. The summed E-state index contributed by atoms with van der Waals surface area (Å²) >= 11 is 0. The van der Waals surface area contributed by atoms with Gasteiger partial charge in [-0.1, -0.05) is 32.8 Å². The SMILES string of the molecule is FC(F)(F)c1ccc(Pc2ccc(C(F)(F)F)cc2)cc1.O=S(=O)(O)CF. The molecule has 0 aliphatic heterocycles. The lowest BCUT2D eigenvalue weighted by atomic mass is 10.2. The molecule has 12 heteroatoms. The minimum absolute atomic E-state index is 0.00159. The van der Waals surface area contributed by atoms with Crippen LogP contribution in [0, 0.1) is 0 Å². The fraction of sp³-hybridized carbons (Fsp3) is 0.200. The zero-order valence-electron chi connectivity index (χ0n) is 13.1. The number of hydrogen-bond donors (Lipinski definition) is 1. The Morgan fingerprint density at radius 3 is 1.19 bits per heavy atom. The minimum atomic E-state index is -4.39. The molecule has 150 valence electrons. The standard InChI is InChI=1S/C14H9F6P.CH3FO3S/c15-13(16,17)9-1-5-11(6-2-9)21-12-7-3-10(4-8-12)14(18,19)20;2-1-6(3,4)5/h1-8,21H;1H2,(H,3,4,5). The monoisotopic (exact) mass is 436 g/mol. The molecule has 3 nitrogen and oxygen atoms in total. The number of halogens is 7. The van der Waals surface area contributed by atoms with Crippen molar-refractivity contribution in [3.8, 4) is 0 Å². The summed E-state index contributed by atoms with van der Waals surface area (Å²) in [4.78, 5) is 0. The van der Waals surface area contributed by atoms with E-state index in [0.717, 1.165) is 24.3 Å². The third kappa shape index (κ3) is 8.68. The quantitative estimate of drug-likeness (QED) is 0.447. The van der Waals surface area contributed by atoms with Crippen LogP contribution >= 0.6 is 8.58 Å². The van der Waals surface area contributed by atoms with Gasteiger partial charge in [-0.25, -0.2) is 4.39 Å². The van der Waals surface area contributed by atoms with E-state index in [1.807, 2.05) is 0 Å². The zero-order chi connectivity index (χ0) is 20.9. The van der Waals surface area contributed by atoms with E-state index in [-0.39, 0.29) is 8.58 Å². The molecule has 0 aromatic heterocycles. The Labute approximate surface area is 151 Å². The molecule has 0 aliphatic rings. The van der Waals surface area contributed by atoms with Gasteiger partial charge in [0.25, 0.3) is 10.1 Å². The first-order valence-electron chi connectivity index (χ1n) is 6.85. The summed E-state index contributed by atoms with van der Waals surface area (Å²) in [7, 11) is -4.33. The molecule has 0 heterocycles. The Morgan fingerprint density at radius 1 is 0.741 bits per heavy atom. The molecule has 2 rings (SSSR count). The van der Waals surface area contributed by atoms with Crippen LogP contribution in [0.4, 0.5) is 30.7 Å². The summed E-state index contributed by atoms with van der Waals surface area (Å²) in [6.07, 6.45) is -8.79. The van der Waals surface area contributed by atoms with E-state index in [2.05, 4.69) is 0 Å². The molecule has 0 radical (unpaired) electrons. The van der Waals surface area contributed by atoms with E-state index in [4.69, 9.17) is 4.55 Å². The first-order valence-corrected chi connectivity index (χ1v) is 9.46. The van der Waals surface area contributed by atoms with Crippen LogP contribution in [0.15, 0.2) is 48.5 Å². The van der Waals surface area contributed by atoms with Crippen LogP contribution in [-0.4, -0.2) is 19.0 Å². The molecule has 0 saturated carbocycles. The fourth-order valence-corrected chi connectivity index (χ4v) is 2.65. The predicted octanol–water partition coefficient (Wildman–Crippen LogP) is 4.15. The lowest BCUT2D eigenvalue weighted by Crippen LogP contribution is -2.09. The molecule has 0 amide bonds. The van der Waals surface area contributed by atoms with Gasteiger partial charge in [0.1, 0.15) is 0 Å². The third-order valence-corrected chi connectivity index (χ3v) is 4.37. The van der Waals surface area contributed by atoms with Crippen LogP contribution < -0.4 is 10.6 Å². The smallest absolute Gasteiger partial charge is 0.284 e. The topological polar surface area (TPSA) is 54.4 Å². The van der Waals surface area contributed by atoms with Crippen molar-refractivity contribution in [3.05, 3.63) is 59.7 Å². The Bertz CT molecular complexity index is 774. The number of benzene rings is 2. The van der Waals surface area contributed by atoms with E-state index >= 15 is 0 Å². The van der Waals surface area contributed by atoms with Gasteiger partial charge in [0.05, 0.1) is 11.1 Å². The third-order valence-electron chi connectivity index (χ3n) is 2.85. The normalized spacial score (nSPS) is 12.3. The summed E-state index contributed by atoms with van der Waals surface area (Å²) in [6.45, 7) is 0. The summed E-state index contributed by atoms with van der Waals surface area (Å²) in [5.74, 6) is 0. The minimum Gasteiger partial charge on any atom is -0.284 e. The van der Waals surface area contributed by atoms with E-state index in [9.17, 15) is 39.2 Å². The lowest BCUT2D eigenvalue weighted by molar-refractivity contribution is -0.138. The molecular formula is C15H12F7O3PS. The zero-order valence-corrected chi connectivity index (χ0v) is 15.0. The van der Waals surface area contributed by atoms with Crippen molar-refractivity contribution >= 4 is 29.3 Å². The van der Waals surface area contributed by atoms with E-state index in [0.29, 0.717) is 10.6 Å². The van der Waals surface area contributed by atoms with E-state index < -0.39 is 39.6 Å². The number of alkyl halides is 7. The second-order valence-electron chi connectivity index (χ2n) is 4.97. The van der Waals surface area contributed by atoms with Crippen molar-refractivity contribution in [2.45, 2.75) is 12.4 Å². The second-order valence-corrected chi connectivity index (χ2v) is 7.75. The van der Waals surface area contributed by atoms with Crippen molar-refractivity contribution in [1.82, 2.24) is 0 Å². The van der Waals surface area contributed by atoms with Gasteiger partial charge in [-0.05, 0) is 34.9 Å². The van der Waals surface area contributed by atoms with Gasteiger partial charge >= 0.3 is 12.4 Å². The molecule has 0 fully saturated rings. The Hall–Kier alpha value is -1.71. The maximum atomic E-state index is 12.4. The Morgan fingerprint density at radius 2 is 1.00 bits per heavy atom. The molecule has 0 bridgehead atoms. The van der Waals surface area contributed by atoms with Crippen LogP contribution in [0.1, 0.15) is 11.1 Å². The Kier molecular flexibility index (Phi) is 7.76. The predicted molar refractivity (Wildman–Crippen MR) is 88.0 cm³/mol. The molecule has 1 N–H and O–H groups in total. The summed E-state index contributed by atoms with van der Waals surface area (Å²) in [5.41, 5.74) is -1.49. The summed E-state index contributed by atoms with van der Waals surface area (Å²) in [6, 6.07) is 7.49. The van der Waals surface area contributed by atoms with Crippen molar-refractivity contribution in [2.24, 2.45) is 0 Å². The molecule has 0 spiro atoms. The van der Waals surface area contributed by atoms with Crippen LogP contribution in [0.3, 0.4) is 0 Å². The largest absolute Gasteiger partial charge is 0.416 e. The van der Waals surface area contributed by atoms with Crippen molar-refractivity contribution in [2.75, 3.05) is 6.01 Å². The van der Waals surface area contributed by atoms with Crippen LogP contribution in [0.2, 0.25) is 0 Å². The van der Waals surface area contributed by atoms with Crippen LogP contribution in [0.25, 0.3) is 0 Å². The lowest BCUT2D eigenvalue weighted by Gasteiger charge is -2.09. The van der Waals surface area contributed by atoms with Gasteiger partial charge < -0.3 is 0 Å². The van der Waals surface area contributed by atoms with Crippen molar-refractivity contribution in [1.29, 1.82) is 0 Å². The highest BCUT2D eigenvalue weighted by molar-refractivity contribution is 7.85. The van der Waals surface area contributed by atoms with Crippen LogP contribution in [-0.2, 0) is 22.5 Å². The maximum Gasteiger partial charge on any atom is 0.416 e. The van der Waals surface area contributed by atoms with Crippen molar-refractivity contribution in [3.63, 3.8) is 0 Å². The summed E-state index contributed by atoms with van der Waals surface area (Å²) in [5, 5.41) is 1.26. The summed E-state index contributed by atoms with van der Waals surface area (Å²) < 4.78 is 111. The fourth-order valence-electron chi connectivity index (χ4n) is 1.65. The maximum absolute atomic E-state index is 12.4. The highest BCUT2D eigenvalue weighted by Gasteiger charge is 2.30. The van der Waals surface area contributed by atoms with Crippen molar-refractivity contribution < 1.29 is 43.7 Å². The molecular weight excluding hydrogens is 424 g/mol. The first kappa shape index (κ1) is 23.3. The molecule has 0 atom stereocenters. The molecule has 27 heavy (non-hydrogen) atoms. The van der Waals surface area contributed by atoms with Gasteiger partial charge in [0, 0.05) is 0 Å². The van der Waals surface area contributed by atoms with E-state index in [1.165, 1.54) is 24.3 Å². The van der Waals surface area contributed by atoms with Gasteiger partial charge in [-0.3, -0.25) is 4.55 Å². The molecule has 2 aromatic carbocycles. The number of hydrogen-bond acceptors (Lipinski definition) is 2. The highest BCUT2D eigenvalue weighted by Crippen LogP contribution is 2.30. The number of rotatable bonds is 3. The molecule has 0 saturated heterocycles. The van der Waals surface area contributed by atoms with E-state index in [1.54, 1.807) is 0 Å². The average molecular weight is 436 g/mol. The molecule has 0 aliphatic carbocycles. The van der Waals surface area contributed by atoms with Gasteiger partial charge in [-0.2, -0.15) is 34.8 Å². The average Bonchev–Trinajstić information content (AvgIpc) is 2.54. The van der Waals surface area contributed by atoms with Gasteiger partial charge in [0.2, 0.25) is 6.01 Å². The molecule has 0 unspecified atom stereocenters. The highest BCUT2D eigenvalue weighted by atomic mass is 32.2. The van der Waals surface area contributed by atoms with Gasteiger partial charge in [-0.15, -0.1) is 0 Å². The van der Waals surface area contributed by atoms with Gasteiger partial charge in [0.15, 0.2) is 0 Å². The molecule has 2 aromatic rings. The van der Waals surface area contributed by atoms with Crippen LogP contribution in [0.5, 0.6) is 0 Å².